The maximum atomic E-state index is 13.4. The number of amides is 1. The quantitative estimate of drug-likeness (QED) is 0.408. The summed E-state index contributed by atoms with van der Waals surface area (Å²) in [6, 6.07) is 11.1. The van der Waals surface area contributed by atoms with E-state index >= 15 is 0 Å². The number of carbonyl (C=O) groups excluding carboxylic acids is 2. The molecule has 2 aromatic heterocycles. The Morgan fingerprint density at radius 2 is 1.94 bits per heavy atom. The van der Waals surface area contributed by atoms with Crippen LogP contribution >= 0.6 is 23.4 Å². The van der Waals surface area contributed by atoms with Crippen molar-refractivity contribution >= 4 is 35.1 Å². The maximum Gasteiger partial charge on any atom is 0.233 e. The summed E-state index contributed by atoms with van der Waals surface area (Å²) in [5.41, 5.74) is 0.598. The van der Waals surface area contributed by atoms with Gasteiger partial charge < -0.3 is 9.47 Å². The summed E-state index contributed by atoms with van der Waals surface area (Å²) in [7, 11) is 1.72. The highest BCUT2D eigenvalue weighted by Gasteiger charge is 2.47. The smallest absolute Gasteiger partial charge is 0.233 e. The van der Waals surface area contributed by atoms with E-state index in [-0.39, 0.29) is 17.4 Å². The third kappa shape index (κ3) is 4.61. The lowest BCUT2D eigenvalue weighted by Gasteiger charge is -2.44. The van der Waals surface area contributed by atoms with Crippen molar-refractivity contribution in [2.24, 2.45) is 0 Å². The molecule has 0 saturated heterocycles. The zero-order chi connectivity index (χ0) is 24.1. The molecule has 2 heterocycles. The molecule has 0 bridgehead atoms. The molecule has 4 rings (SSSR count). The number of carbonyl (C=O) groups is 2. The number of nitrogens with zero attached hydrogens (tertiary/aromatic N) is 5. The van der Waals surface area contributed by atoms with Crippen molar-refractivity contribution in [1.82, 2.24) is 24.6 Å². The third-order valence-corrected chi connectivity index (χ3v) is 7.63. The number of hydrogen-bond acceptors (Lipinski definition) is 6. The maximum absolute atomic E-state index is 13.4. The molecule has 0 spiro atoms. The Labute approximate surface area is 208 Å². The number of halogens is 1. The van der Waals surface area contributed by atoms with Gasteiger partial charge in [-0.25, -0.2) is 0 Å². The first kappa shape index (κ1) is 24.4. The van der Waals surface area contributed by atoms with Gasteiger partial charge in [-0.05, 0) is 43.9 Å². The summed E-state index contributed by atoms with van der Waals surface area (Å²) in [4.78, 5) is 32.4. The second-order valence-corrected chi connectivity index (χ2v) is 9.76. The molecular formula is C25H28ClN5O2S. The van der Waals surface area contributed by atoms with Gasteiger partial charge >= 0.3 is 0 Å². The molecule has 0 unspecified atom stereocenters. The average Bonchev–Trinajstić information content (AvgIpc) is 3.26. The van der Waals surface area contributed by atoms with E-state index < -0.39 is 5.54 Å². The van der Waals surface area contributed by atoms with Crippen LogP contribution < -0.4 is 0 Å². The number of thioether (sulfide) groups is 1. The minimum Gasteiger partial charge on any atom is -0.328 e. The van der Waals surface area contributed by atoms with Crippen molar-refractivity contribution in [2.75, 3.05) is 12.8 Å². The van der Waals surface area contributed by atoms with E-state index in [1.807, 2.05) is 34.9 Å². The number of benzene rings is 1. The molecule has 1 aromatic carbocycles. The Morgan fingerprint density at radius 3 is 2.65 bits per heavy atom. The highest BCUT2D eigenvalue weighted by molar-refractivity contribution is 7.99. The van der Waals surface area contributed by atoms with Crippen LogP contribution in [0.2, 0.25) is 5.02 Å². The van der Waals surface area contributed by atoms with Gasteiger partial charge in [0, 0.05) is 48.6 Å². The molecule has 9 heteroatoms. The van der Waals surface area contributed by atoms with Gasteiger partial charge in [0.2, 0.25) is 5.91 Å². The molecule has 1 atom stereocenters. The third-order valence-electron chi connectivity index (χ3n) is 6.35. The van der Waals surface area contributed by atoms with Crippen LogP contribution in [0.1, 0.15) is 44.6 Å². The zero-order valence-corrected chi connectivity index (χ0v) is 21.0. The molecule has 0 aliphatic heterocycles. The largest absolute Gasteiger partial charge is 0.328 e. The number of pyridine rings is 1. The predicted molar refractivity (Wildman–Crippen MR) is 134 cm³/mol. The SMILES string of the molecule is CCCn1c(SCC(=O)N(C)[C@@]2(c3ccccc3Cl)CCCCC2=O)nnc1-c1ccncc1. The molecule has 1 amide bonds. The van der Waals surface area contributed by atoms with Gasteiger partial charge in [0.25, 0.3) is 0 Å². The van der Waals surface area contributed by atoms with Crippen molar-refractivity contribution in [1.29, 1.82) is 0 Å². The van der Waals surface area contributed by atoms with Gasteiger partial charge in [0.15, 0.2) is 16.8 Å². The fourth-order valence-electron chi connectivity index (χ4n) is 4.60. The lowest BCUT2D eigenvalue weighted by atomic mass is 9.74. The molecule has 178 valence electrons. The Morgan fingerprint density at radius 1 is 1.18 bits per heavy atom. The summed E-state index contributed by atoms with van der Waals surface area (Å²) in [6.45, 7) is 2.82. The van der Waals surface area contributed by atoms with E-state index in [9.17, 15) is 9.59 Å². The van der Waals surface area contributed by atoms with E-state index in [2.05, 4.69) is 22.1 Å². The number of aromatic nitrogens is 4. The van der Waals surface area contributed by atoms with E-state index in [0.29, 0.717) is 28.6 Å². The normalized spacial score (nSPS) is 18.1. The van der Waals surface area contributed by atoms with Gasteiger partial charge in [-0.3, -0.25) is 14.6 Å². The monoisotopic (exact) mass is 497 g/mol. The van der Waals surface area contributed by atoms with Crippen molar-refractivity contribution < 1.29 is 9.59 Å². The first-order valence-electron chi connectivity index (χ1n) is 11.5. The molecular weight excluding hydrogens is 470 g/mol. The van der Waals surface area contributed by atoms with Crippen molar-refractivity contribution in [2.45, 2.75) is 56.3 Å². The molecule has 1 saturated carbocycles. The first-order valence-corrected chi connectivity index (χ1v) is 12.9. The molecule has 7 nitrogen and oxygen atoms in total. The summed E-state index contributed by atoms with van der Waals surface area (Å²) in [6.07, 6.45) is 7.06. The fraction of sp³-hybridized carbons (Fsp3) is 0.400. The van der Waals surface area contributed by atoms with Gasteiger partial charge in [0.05, 0.1) is 5.75 Å². The van der Waals surface area contributed by atoms with Crippen LogP contribution in [0.15, 0.2) is 53.9 Å². The van der Waals surface area contributed by atoms with E-state index in [0.717, 1.165) is 37.2 Å². The summed E-state index contributed by atoms with van der Waals surface area (Å²) < 4.78 is 2.03. The highest BCUT2D eigenvalue weighted by Crippen LogP contribution is 2.42. The number of Topliss-reactive ketones (excluding diaryl/α,β-unsaturated/α-hetero) is 1. The second-order valence-electron chi connectivity index (χ2n) is 8.41. The van der Waals surface area contributed by atoms with Gasteiger partial charge in [0.1, 0.15) is 5.54 Å². The zero-order valence-electron chi connectivity index (χ0n) is 19.4. The minimum absolute atomic E-state index is 0.0434. The van der Waals surface area contributed by atoms with Crippen molar-refractivity contribution in [3.8, 4) is 11.4 Å². The highest BCUT2D eigenvalue weighted by atomic mass is 35.5. The summed E-state index contributed by atoms with van der Waals surface area (Å²) in [5.74, 6) is 0.801. The van der Waals surface area contributed by atoms with Crippen LogP contribution in [0.5, 0.6) is 0 Å². The van der Waals surface area contributed by atoms with E-state index in [4.69, 9.17) is 11.6 Å². The van der Waals surface area contributed by atoms with Crippen LogP contribution in [0.4, 0.5) is 0 Å². The molecule has 0 N–H and O–H groups in total. The van der Waals surface area contributed by atoms with Gasteiger partial charge in [-0.1, -0.05) is 48.5 Å². The summed E-state index contributed by atoms with van der Waals surface area (Å²) in [5, 5.41) is 9.91. The molecule has 0 radical (unpaired) electrons. The van der Waals surface area contributed by atoms with Gasteiger partial charge in [-0.15, -0.1) is 10.2 Å². The minimum atomic E-state index is -1.03. The van der Waals surface area contributed by atoms with Crippen LogP contribution in [0, 0.1) is 0 Å². The average molecular weight is 498 g/mol. The van der Waals surface area contributed by atoms with Gasteiger partial charge in [-0.2, -0.15) is 0 Å². The Kier molecular flexibility index (Phi) is 7.68. The lowest BCUT2D eigenvalue weighted by molar-refractivity contribution is -0.146. The number of hydrogen-bond donors (Lipinski definition) is 0. The number of rotatable bonds is 8. The number of ketones is 1. The Balaban J connectivity index is 1.58. The molecule has 1 aliphatic carbocycles. The van der Waals surface area contributed by atoms with Crippen molar-refractivity contribution in [3.63, 3.8) is 0 Å². The molecule has 1 fully saturated rings. The standard InChI is InChI=1S/C25H28ClN5O2S/c1-3-16-31-23(18-11-14-27-15-12-18)28-29-24(31)34-17-22(33)30(2)25(13-7-6-10-21(25)32)19-8-4-5-9-20(19)26/h4-5,8-9,11-12,14-15H,3,6-7,10,13,16-17H2,1-2H3/t25-/m1/s1. The van der Waals surface area contributed by atoms with Crippen LogP contribution in [0.3, 0.4) is 0 Å². The lowest BCUT2D eigenvalue weighted by Crippen LogP contribution is -2.54. The molecule has 1 aliphatic rings. The van der Waals surface area contributed by atoms with Crippen molar-refractivity contribution in [3.05, 3.63) is 59.4 Å². The first-order chi connectivity index (χ1) is 16.5. The van der Waals surface area contributed by atoms with E-state index in [1.54, 1.807) is 30.4 Å². The van der Waals surface area contributed by atoms with Crippen LogP contribution in [-0.2, 0) is 21.7 Å². The Bertz CT molecular complexity index is 1170. The second kappa shape index (κ2) is 10.7. The van der Waals surface area contributed by atoms with E-state index in [1.165, 1.54) is 11.8 Å². The predicted octanol–water partition coefficient (Wildman–Crippen LogP) is 4.99. The van der Waals surface area contributed by atoms with Crippen LogP contribution in [-0.4, -0.2) is 49.1 Å². The summed E-state index contributed by atoms with van der Waals surface area (Å²) >= 11 is 7.87. The topological polar surface area (TPSA) is 81.0 Å². The molecule has 3 aromatic rings. The van der Waals surface area contributed by atoms with Crippen LogP contribution in [0.25, 0.3) is 11.4 Å². The fourth-order valence-corrected chi connectivity index (χ4v) is 5.77. The molecule has 34 heavy (non-hydrogen) atoms. The Hall–Kier alpha value is -2.71. The number of likely N-dealkylation sites (N-methyl/N-ethyl adjacent to an activating group) is 1.